The first-order valence-electron chi connectivity index (χ1n) is 5.31. The molecule has 0 unspecified atom stereocenters. The first kappa shape index (κ1) is 10.9. The van der Waals surface area contributed by atoms with Gasteiger partial charge in [-0.05, 0) is 18.2 Å². The van der Waals surface area contributed by atoms with E-state index >= 15 is 0 Å². The molecule has 0 aliphatic heterocycles. The minimum absolute atomic E-state index is 0.282. The quantitative estimate of drug-likeness (QED) is 0.417. The second-order valence-electron chi connectivity index (χ2n) is 3.75. The van der Waals surface area contributed by atoms with Crippen LogP contribution in [0.2, 0.25) is 0 Å². The molecule has 2 heterocycles. The Hall–Kier alpha value is -2.18. The van der Waals surface area contributed by atoms with Crippen LogP contribution < -0.4 is 11.3 Å². The largest absolute Gasteiger partial charge is 0.298 e. The minimum Gasteiger partial charge on any atom is -0.298 e. The Bertz CT molecular complexity index is 716. The maximum absolute atomic E-state index is 11.4. The molecule has 0 aliphatic rings. The molecule has 0 aliphatic carbocycles. The molecule has 3 rings (SSSR count). The molecular weight excluding hydrogens is 248 g/mol. The van der Waals surface area contributed by atoms with Crippen LogP contribution in [-0.4, -0.2) is 15.5 Å². The summed E-state index contributed by atoms with van der Waals surface area (Å²) in [7, 11) is 0. The zero-order valence-electron chi connectivity index (χ0n) is 9.33. The smallest absolute Gasteiger partial charge is 0.275 e. The van der Waals surface area contributed by atoms with E-state index < -0.39 is 0 Å². The number of nitrogen functional groups attached to an aromatic ring is 1. The van der Waals surface area contributed by atoms with E-state index in [1.54, 1.807) is 12.4 Å². The highest BCUT2D eigenvalue weighted by atomic mass is 32.1. The Morgan fingerprint density at radius 1 is 1.39 bits per heavy atom. The van der Waals surface area contributed by atoms with Crippen LogP contribution in [0.1, 0.15) is 9.67 Å². The number of imidazole rings is 1. The molecule has 5 nitrogen and oxygen atoms in total. The minimum atomic E-state index is -0.282. The van der Waals surface area contributed by atoms with Crippen molar-refractivity contribution in [2.24, 2.45) is 5.84 Å². The van der Waals surface area contributed by atoms with E-state index in [0.29, 0.717) is 4.88 Å². The molecule has 0 radical (unpaired) electrons. The lowest BCUT2D eigenvalue weighted by molar-refractivity contribution is 0.0957. The number of carbonyl (C=O) groups is 1. The molecule has 0 bridgehead atoms. The van der Waals surface area contributed by atoms with Crippen molar-refractivity contribution in [1.29, 1.82) is 0 Å². The van der Waals surface area contributed by atoms with Gasteiger partial charge in [-0.25, -0.2) is 10.8 Å². The average Bonchev–Trinajstić information content (AvgIpc) is 3.03. The molecule has 3 aromatic rings. The molecule has 1 amide bonds. The SMILES string of the molecule is NNC(=O)c1cc(-n2cnc3ccccc32)cs1. The Labute approximate surface area is 107 Å². The van der Waals surface area contributed by atoms with Crippen LogP contribution in [0.4, 0.5) is 0 Å². The van der Waals surface area contributed by atoms with Crippen LogP contribution >= 0.6 is 11.3 Å². The summed E-state index contributed by atoms with van der Waals surface area (Å²) in [6.07, 6.45) is 1.75. The predicted octanol–water partition coefficient (Wildman–Crippen LogP) is 1.69. The van der Waals surface area contributed by atoms with E-state index in [1.165, 1.54) is 11.3 Å². The molecule has 0 saturated carbocycles. The van der Waals surface area contributed by atoms with Gasteiger partial charge in [-0.2, -0.15) is 0 Å². The normalized spacial score (nSPS) is 10.7. The van der Waals surface area contributed by atoms with Crippen molar-refractivity contribution in [1.82, 2.24) is 15.0 Å². The second-order valence-corrected chi connectivity index (χ2v) is 4.66. The third-order valence-electron chi connectivity index (χ3n) is 2.67. The molecule has 0 saturated heterocycles. The van der Waals surface area contributed by atoms with Crippen LogP contribution in [0.25, 0.3) is 16.7 Å². The third kappa shape index (κ3) is 1.68. The van der Waals surface area contributed by atoms with Gasteiger partial charge in [0.05, 0.1) is 21.6 Å². The summed E-state index contributed by atoms with van der Waals surface area (Å²) in [5.74, 6) is 4.83. The zero-order chi connectivity index (χ0) is 12.5. The number of hydrogen-bond acceptors (Lipinski definition) is 4. The Kier molecular flexibility index (Phi) is 2.58. The second kappa shape index (κ2) is 4.25. The van der Waals surface area contributed by atoms with Crippen molar-refractivity contribution < 1.29 is 4.79 Å². The molecule has 2 aromatic heterocycles. The molecule has 0 fully saturated rings. The van der Waals surface area contributed by atoms with E-state index in [0.717, 1.165) is 16.7 Å². The van der Waals surface area contributed by atoms with E-state index in [2.05, 4.69) is 10.4 Å². The predicted molar refractivity (Wildman–Crippen MR) is 70.6 cm³/mol. The number of carbonyl (C=O) groups excluding carboxylic acids is 1. The summed E-state index contributed by atoms with van der Waals surface area (Å²) < 4.78 is 1.94. The number of nitrogens with zero attached hydrogens (tertiary/aromatic N) is 2. The lowest BCUT2D eigenvalue weighted by Crippen LogP contribution is -2.29. The standard InChI is InChI=1S/C12H10N4OS/c13-15-12(17)11-5-8(6-18-11)16-7-14-9-3-1-2-4-10(9)16/h1-7H,13H2,(H,15,17). The molecule has 90 valence electrons. The molecule has 18 heavy (non-hydrogen) atoms. The van der Waals surface area contributed by atoms with Gasteiger partial charge in [-0.1, -0.05) is 12.1 Å². The van der Waals surface area contributed by atoms with E-state index in [1.807, 2.05) is 34.2 Å². The van der Waals surface area contributed by atoms with E-state index in [4.69, 9.17) is 5.84 Å². The summed E-state index contributed by atoms with van der Waals surface area (Å²) in [6.45, 7) is 0. The van der Waals surface area contributed by atoms with Gasteiger partial charge >= 0.3 is 0 Å². The van der Waals surface area contributed by atoms with Crippen LogP contribution in [0.3, 0.4) is 0 Å². The molecule has 0 atom stereocenters. The highest BCUT2D eigenvalue weighted by molar-refractivity contribution is 7.12. The van der Waals surface area contributed by atoms with Gasteiger partial charge in [0.1, 0.15) is 6.33 Å². The maximum atomic E-state index is 11.4. The van der Waals surface area contributed by atoms with Gasteiger partial charge in [0.25, 0.3) is 5.91 Å². The number of nitrogens with one attached hydrogen (secondary N) is 1. The van der Waals surface area contributed by atoms with Crippen molar-refractivity contribution in [3.05, 3.63) is 46.9 Å². The Balaban J connectivity index is 2.09. The highest BCUT2D eigenvalue weighted by Crippen LogP contribution is 2.22. The van der Waals surface area contributed by atoms with Gasteiger partial charge in [0, 0.05) is 5.38 Å². The number of aromatic nitrogens is 2. The van der Waals surface area contributed by atoms with Gasteiger partial charge in [-0.3, -0.25) is 14.8 Å². The number of benzene rings is 1. The summed E-state index contributed by atoms with van der Waals surface area (Å²) in [5, 5.41) is 1.90. The number of nitrogens with two attached hydrogens (primary N) is 1. The number of thiophene rings is 1. The van der Waals surface area contributed by atoms with Gasteiger partial charge in [-0.15, -0.1) is 11.3 Å². The fourth-order valence-electron chi connectivity index (χ4n) is 1.81. The topological polar surface area (TPSA) is 72.9 Å². The van der Waals surface area contributed by atoms with Crippen molar-refractivity contribution >= 4 is 28.3 Å². The summed E-state index contributed by atoms with van der Waals surface area (Å²) in [5.41, 5.74) is 4.97. The van der Waals surface area contributed by atoms with Crippen LogP contribution in [0.5, 0.6) is 0 Å². The number of fused-ring (bicyclic) bond motifs is 1. The van der Waals surface area contributed by atoms with Crippen molar-refractivity contribution in [2.75, 3.05) is 0 Å². The van der Waals surface area contributed by atoms with Crippen LogP contribution in [-0.2, 0) is 0 Å². The summed E-state index contributed by atoms with van der Waals surface area (Å²) >= 11 is 1.35. The Morgan fingerprint density at radius 3 is 3.06 bits per heavy atom. The average molecular weight is 258 g/mol. The fourth-order valence-corrected chi connectivity index (χ4v) is 2.59. The van der Waals surface area contributed by atoms with E-state index in [-0.39, 0.29) is 5.91 Å². The molecule has 3 N–H and O–H groups in total. The third-order valence-corrected chi connectivity index (χ3v) is 3.59. The number of rotatable bonds is 2. The van der Waals surface area contributed by atoms with Crippen molar-refractivity contribution in [3.8, 4) is 5.69 Å². The Morgan fingerprint density at radius 2 is 2.22 bits per heavy atom. The monoisotopic (exact) mass is 258 g/mol. The van der Waals surface area contributed by atoms with E-state index in [9.17, 15) is 4.79 Å². The first-order valence-corrected chi connectivity index (χ1v) is 6.19. The highest BCUT2D eigenvalue weighted by Gasteiger charge is 2.10. The molecular formula is C12H10N4OS. The molecule has 6 heteroatoms. The molecule has 0 spiro atoms. The lowest BCUT2D eigenvalue weighted by atomic mass is 10.3. The van der Waals surface area contributed by atoms with Crippen LogP contribution in [0, 0.1) is 0 Å². The number of amides is 1. The maximum Gasteiger partial charge on any atom is 0.275 e. The van der Waals surface area contributed by atoms with Crippen molar-refractivity contribution in [2.45, 2.75) is 0 Å². The summed E-state index contributed by atoms with van der Waals surface area (Å²) in [4.78, 5) is 16.3. The van der Waals surface area contributed by atoms with Crippen LogP contribution in [0.15, 0.2) is 42.0 Å². The summed E-state index contributed by atoms with van der Waals surface area (Å²) in [6, 6.07) is 9.64. The number of para-hydroxylation sites is 2. The fraction of sp³-hybridized carbons (Fsp3) is 0. The molecule has 1 aromatic carbocycles. The first-order chi connectivity index (χ1) is 8.79. The van der Waals surface area contributed by atoms with Crippen molar-refractivity contribution in [3.63, 3.8) is 0 Å². The number of hydrazine groups is 1. The van der Waals surface area contributed by atoms with Gasteiger partial charge in [0.15, 0.2) is 0 Å². The number of hydrogen-bond donors (Lipinski definition) is 2. The lowest BCUT2D eigenvalue weighted by Gasteiger charge is -1.99. The van der Waals surface area contributed by atoms with Gasteiger partial charge < -0.3 is 0 Å². The van der Waals surface area contributed by atoms with Gasteiger partial charge in [0.2, 0.25) is 0 Å². The zero-order valence-corrected chi connectivity index (χ0v) is 10.1.